The Kier molecular flexibility index (Phi) is 3.08. The van der Waals surface area contributed by atoms with Gasteiger partial charge in [0.2, 0.25) is 0 Å². The fraction of sp³-hybridized carbons (Fsp3) is 0.409. The zero-order valence-electron chi connectivity index (χ0n) is 15.0. The molecule has 0 N–H and O–H groups in total. The van der Waals surface area contributed by atoms with Gasteiger partial charge in [0, 0.05) is 26.2 Å². The Bertz CT molecular complexity index is 790. The summed E-state index contributed by atoms with van der Waals surface area (Å²) in [6.45, 7) is 8.67. The molecule has 3 nitrogen and oxygen atoms in total. The van der Waals surface area contributed by atoms with Gasteiger partial charge < -0.3 is 0 Å². The second-order valence-electron chi connectivity index (χ2n) is 8.35. The minimum atomic E-state index is -0.384. The van der Waals surface area contributed by atoms with E-state index in [1.54, 1.807) is 0 Å². The first-order valence-corrected chi connectivity index (χ1v) is 9.16. The first kappa shape index (κ1) is 15.3. The van der Waals surface area contributed by atoms with Crippen molar-refractivity contribution in [3.05, 3.63) is 70.8 Å². The van der Waals surface area contributed by atoms with Crippen LogP contribution in [-0.4, -0.2) is 48.4 Å². The third-order valence-electron chi connectivity index (χ3n) is 6.38. The third kappa shape index (κ3) is 2.03. The van der Waals surface area contributed by atoms with Crippen LogP contribution in [0.25, 0.3) is 0 Å². The Labute approximate surface area is 149 Å². The highest BCUT2D eigenvalue weighted by molar-refractivity contribution is 6.02. The minimum Gasteiger partial charge on any atom is -0.297 e. The van der Waals surface area contributed by atoms with Crippen LogP contribution in [-0.2, 0) is 15.6 Å². The maximum Gasteiger partial charge on any atom is 0.159 e. The highest BCUT2D eigenvalue weighted by Gasteiger charge is 2.64. The van der Waals surface area contributed by atoms with Gasteiger partial charge in [0.15, 0.2) is 5.78 Å². The van der Waals surface area contributed by atoms with Crippen molar-refractivity contribution < 1.29 is 4.79 Å². The molecule has 4 fully saturated rings. The number of nitrogens with zero attached hydrogens (tertiary/aromatic N) is 2. The van der Waals surface area contributed by atoms with Gasteiger partial charge in [0.1, 0.15) is 0 Å². The standard InChI is InChI=1S/C22H24N2O/c1-16-5-3-7-18(9-16)21-11-23-13-22(20(21)25,14-24(12-21)15-23)19-8-4-6-17(2)10-19/h3-10H,11-15H2,1-2H3. The predicted octanol–water partition coefficient (Wildman–Crippen LogP) is 2.65. The van der Waals surface area contributed by atoms with Gasteiger partial charge in [-0.3, -0.25) is 14.6 Å². The normalized spacial score (nSPS) is 36.0. The molecule has 2 aromatic rings. The van der Waals surface area contributed by atoms with Gasteiger partial charge in [-0.1, -0.05) is 59.7 Å². The number of hydrogen-bond acceptors (Lipinski definition) is 3. The molecule has 4 heterocycles. The molecule has 4 aliphatic heterocycles. The predicted molar refractivity (Wildman–Crippen MR) is 98.7 cm³/mol. The third-order valence-corrected chi connectivity index (χ3v) is 6.38. The van der Waals surface area contributed by atoms with Crippen molar-refractivity contribution in [2.75, 3.05) is 32.8 Å². The molecule has 25 heavy (non-hydrogen) atoms. The molecule has 4 bridgehead atoms. The Morgan fingerprint density at radius 2 is 1.20 bits per heavy atom. The Balaban J connectivity index is 1.70. The number of carbonyl (C=O) groups is 1. The number of aryl methyl sites for hydroxylation is 2. The van der Waals surface area contributed by atoms with E-state index in [4.69, 9.17) is 0 Å². The SMILES string of the molecule is Cc1cccc(C23CN4CN(C2)CC(c2cccc(C)c2)(C4)C3=O)c1. The van der Waals surface area contributed by atoms with Gasteiger partial charge in [0.05, 0.1) is 17.5 Å². The number of hydrogen-bond donors (Lipinski definition) is 0. The van der Waals surface area contributed by atoms with E-state index in [2.05, 4.69) is 72.2 Å². The van der Waals surface area contributed by atoms with Crippen LogP contribution in [0.1, 0.15) is 22.3 Å². The van der Waals surface area contributed by atoms with Crippen LogP contribution in [0.15, 0.2) is 48.5 Å². The Hall–Kier alpha value is -1.97. The van der Waals surface area contributed by atoms with Crippen LogP contribution in [0, 0.1) is 13.8 Å². The average molecular weight is 332 g/mol. The topological polar surface area (TPSA) is 23.6 Å². The molecule has 0 saturated carbocycles. The zero-order valence-corrected chi connectivity index (χ0v) is 15.0. The monoisotopic (exact) mass is 332 g/mol. The second kappa shape index (κ2) is 5.03. The van der Waals surface area contributed by atoms with Crippen LogP contribution < -0.4 is 0 Å². The van der Waals surface area contributed by atoms with E-state index in [0.29, 0.717) is 5.78 Å². The first-order valence-electron chi connectivity index (χ1n) is 9.16. The molecule has 0 amide bonds. The Morgan fingerprint density at radius 1 is 0.760 bits per heavy atom. The fourth-order valence-electron chi connectivity index (χ4n) is 5.48. The molecule has 4 saturated heterocycles. The molecule has 0 aromatic heterocycles. The molecule has 6 rings (SSSR count). The van der Waals surface area contributed by atoms with E-state index in [1.165, 1.54) is 22.3 Å². The summed E-state index contributed by atoms with van der Waals surface area (Å²) in [5.74, 6) is 0.434. The molecule has 0 spiro atoms. The van der Waals surface area contributed by atoms with Crippen molar-refractivity contribution >= 4 is 5.78 Å². The van der Waals surface area contributed by atoms with Gasteiger partial charge in [-0.2, -0.15) is 0 Å². The molecule has 0 atom stereocenters. The quantitative estimate of drug-likeness (QED) is 0.845. The molecule has 4 aliphatic rings. The van der Waals surface area contributed by atoms with Crippen LogP contribution in [0.2, 0.25) is 0 Å². The molecule has 2 aromatic carbocycles. The summed E-state index contributed by atoms with van der Waals surface area (Å²) in [5, 5.41) is 0. The highest BCUT2D eigenvalue weighted by atomic mass is 16.1. The Morgan fingerprint density at radius 3 is 1.60 bits per heavy atom. The van der Waals surface area contributed by atoms with Gasteiger partial charge in [-0.25, -0.2) is 0 Å². The molecule has 0 radical (unpaired) electrons. The number of Topliss-reactive ketones (excluding diaryl/α,β-unsaturated/α-hetero) is 1. The molecule has 128 valence electrons. The van der Waals surface area contributed by atoms with Crippen molar-refractivity contribution in [1.29, 1.82) is 0 Å². The number of carbonyl (C=O) groups excluding carboxylic acids is 1. The van der Waals surface area contributed by atoms with E-state index < -0.39 is 0 Å². The molecular weight excluding hydrogens is 308 g/mol. The molecule has 3 heteroatoms. The van der Waals surface area contributed by atoms with E-state index in [-0.39, 0.29) is 10.8 Å². The summed E-state index contributed by atoms with van der Waals surface area (Å²) in [7, 11) is 0. The van der Waals surface area contributed by atoms with Crippen LogP contribution >= 0.6 is 0 Å². The maximum absolute atomic E-state index is 14.0. The summed E-state index contributed by atoms with van der Waals surface area (Å²) >= 11 is 0. The van der Waals surface area contributed by atoms with Crippen LogP contribution in [0.4, 0.5) is 0 Å². The second-order valence-corrected chi connectivity index (χ2v) is 8.35. The number of ketones is 1. The van der Waals surface area contributed by atoms with Crippen LogP contribution in [0.3, 0.4) is 0 Å². The summed E-state index contributed by atoms with van der Waals surface area (Å²) in [6.07, 6.45) is 0. The smallest absolute Gasteiger partial charge is 0.159 e. The number of benzene rings is 2. The lowest BCUT2D eigenvalue weighted by atomic mass is 9.56. The first-order chi connectivity index (χ1) is 12.0. The summed E-state index contributed by atoms with van der Waals surface area (Å²) < 4.78 is 0. The van der Waals surface area contributed by atoms with E-state index in [9.17, 15) is 4.79 Å². The number of rotatable bonds is 2. The van der Waals surface area contributed by atoms with Crippen molar-refractivity contribution in [2.24, 2.45) is 0 Å². The lowest BCUT2D eigenvalue weighted by molar-refractivity contribution is -0.159. The van der Waals surface area contributed by atoms with Gasteiger partial charge >= 0.3 is 0 Å². The minimum absolute atomic E-state index is 0.384. The zero-order chi connectivity index (χ0) is 17.2. The summed E-state index contributed by atoms with van der Waals surface area (Å²) in [5.41, 5.74) is 4.09. The van der Waals surface area contributed by atoms with Gasteiger partial charge in [-0.15, -0.1) is 0 Å². The molecular formula is C22H24N2O. The van der Waals surface area contributed by atoms with E-state index >= 15 is 0 Å². The van der Waals surface area contributed by atoms with Crippen molar-refractivity contribution in [3.8, 4) is 0 Å². The van der Waals surface area contributed by atoms with Crippen molar-refractivity contribution in [1.82, 2.24) is 9.80 Å². The summed E-state index contributed by atoms with van der Waals surface area (Å²) in [6, 6.07) is 17.2. The van der Waals surface area contributed by atoms with E-state index in [1.807, 2.05) is 0 Å². The maximum atomic E-state index is 14.0. The van der Waals surface area contributed by atoms with Crippen molar-refractivity contribution in [2.45, 2.75) is 24.7 Å². The lowest BCUT2D eigenvalue weighted by Crippen LogP contribution is -2.79. The molecule has 0 unspecified atom stereocenters. The number of piperidine rings is 2. The lowest BCUT2D eigenvalue weighted by Gasteiger charge is -2.63. The summed E-state index contributed by atoms with van der Waals surface area (Å²) in [4.78, 5) is 19.0. The van der Waals surface area contributed by atoms with Gasteiger partial charge in [-0.05, 0) is 25.0 Å². The highest BCUT2D eigenvalue weighted by Crippen LogP contribution is 2.49. The van der Waals surface area contributed by atoms with E-state index in [0.717, 1.165) is 32.8 Å². The van der Waals surface area contributed by atoms with Crippen molar-refractivity contribution in [3.63, 3.8) is 0 Å². The molecule has 0 aliphatic carbocycles. The van der Waals surface area contributed by atoms with Gasteiger partial charge in [0.25, 0.3) is 0 Å². The van der Waals surface area contributed by atoms with Crippen LogP contribution in [0.5, 0.6) is 0 Å². The fourth-order valence-corrected chi connectivity index (χ4v) is 5.48. The largest absolute Gasteiger partial charge is 0.297 e. The average Bonchev–Trinajstić information content (AvgIpc) is 2.59.